The fourth-order valence-corrected chi connectivity index (χ4v) is 1.97. The highest BCUT2D eigenvalue weighted by Gasteiger charge is 2.09. The summed E-state index contributed by atoms with van der Waals surface area (Å²) in [5, 5.41) is 1.04. The number of benzene rings is 1. The molecule has 96 valence electrons. The van der Waals surface area contributed by atoms with Crippen molar-refractivity contribution in [3.8, 4) is 5.75 Å². The maximum Gasteiger partial charge on any atom is 0.142 e. The fourth-order valence-electron chi connectivity index (χ4n) is 1.38. The highest BCUT2D eigenvalue weighted by molar-refractivity contribution is 6.35. The first-order valence-corrected chi connectivity index (χ1v) is 6.33. The minimum atomic E-state index is 0.339. The van der Waals surface area contributed by atoms with Gasteiger partial charge in [-0.2, -0.15) is 0 Å². The monoisotopic (exact) mass is 277 g/mol. The second-order valence-electron chi connectivity index (χ2n) is 3.54. The Balaban J connectivity index is 2.57. The lowest BCUT2D eigenvalue weighted by atomic mass is 10.2. The summed E-state index contributed by atoms with van der Waals surface area (Å²) in [5.41, 5.74) is 6.42. The van der Waals surface area contributed by atoms with E-state index < -0.39 is 0 Å². The van der Waals surface area contributed by atoms with Crippen molar-refractivity contribution >= 4 is 23.2 Å². The van der Waals surface area contributed by atoms with Gasteiger partial charge in [0.15, 0.2) is 0 Å². The molecule has 0 aliphatic rings. The van der Waals surface area contributed by atoms with Crippen molar-refractivity contribution in [3.63, 3.8) is 0 Å². The first-order valence-electron chi connectivity index (χ1n) is 5.57. The third-order valence-electron chi connectivity index (χ3n) is 2.13. The second kappa shape index (κ2) is 7.77. The Labute approximate surface area is 112 Å². The Morgan fingerprint density at radius 2 is 1.94 bits per heavy atom. The van der Waals surface area contributed by atoms with Gasteiger partial charge in [0.05, 0.1) is 11.6 Å². The van der Waals surface area contributed by atoms with Gasteiger partial charge in [-0.3, -0.25) is 0 Å². The summed E-state index contributed by atoms with van der Waals surface area (Å²) in [6, 6.07) is 3.40. The molecular weight excluding hydrogens is 261 g/mol. The number of ether oxygens (including phenoxy) is 2. The van der Waals surface area contributed by atoms with Crippen molar-refractivity contribution in [2.45, 2.75) is 19.9 Å². The highest BCUT2D eigenvalue weighted by atomic mass is 35.5. The van der Waals surface area contributed by atoms with Crippen LogP contribution < -0.4 is 10.5 Å². The molecule has 0 spiro atoms. The first-order chi connectivity index (χ1) is 8.19. The zero-order valence-corrected chi connectivity index (χ0v) is 11.4. The Morgan fingerprint density at radius 1 is 1.18 bits per heavy atom. The zero-order valence-electron chi connectivity index (χ0n) is 9.84. The molecule has 0 saturated carbocycles. The van der Waals surface area contributed by atoms with Crippen LogP contribution in [-0.4, -0.2) is 19.8 Å². The molecule has 0 aromatic heterocycles. The summed E-state index contributed by atoms with van der Waals surface area (Å²) >= 11 is 11.9. The van der Waals surface area contributed by atoms with Crippen LogP contribution in [0.5, 0.6) is 5.75 Å². The third kappa shape index (κ3) is 4.72. The molecule has 0 bridgehead atoms. The molecule has 0 amide bonds. The topological polar surface area (TPSA) is 44.5 Å². The fraction of sp³-hybridized carbons (Fsp3) is 0.500. The van der Waals surface area contributed by atoms with Crippen LogP contribution in [0.4, 0.5) is 0 Å². The Hall–Kier alpha value is -0.480. The van der Waals surface area contributed by atoms with Gasteiger partial charge < -0.3 is 15.2 Å². The van der Waals surface area contributed by atoms with E-state index in [1.165, 1.54) is 0 Å². The molecule has 0 atom stereocenters. The van der Waals surface area contributed by atoms with Crippen LogP contribution in [0.2, 0.25) is 10.0 Å². The molecule has 5 heteroatoms. The molecule has 0 fully saturated rings. The van der Waals surface area contributed by atoms with Crippen LogP contribution in [0.3, 0.4) is 0 Å². The van der Waals surface area contributed by atoms with E-state index in [1.807, 2.05) is 0 Å². The average molecular weight is 278 g/mol. The molecule has 0 aliphatic heterocycles. The van der Waals surface area contributed by atoms with Crippen molar-refractivity contribution in [2.75, 3.05) is 19.8 Å². The quantitative estimate of drug-likeness (QED) is 0.778. The van der Waals surface area contributed by atoms with E-state index in [9.17, 15) is 0 Å². The van der Waals surface area contributed by atoms with E-state index in [1.54, 1.807) is 12.1 Å². The summed E-state index contributed by atoms with van der Waals surface area (Å²) < 4.78 is 10.9. The van der Waals surface area contributed by atoms with Crippen molar-refractivity contribution in [3.05, 3.63) is 27.7 Å². The standard InChI is InChI=1S/C12H17Cl2NO2/c1-2-3-16-4-5-17-12-9(8-15)6-10(13)7-11(12)14/h6-7H,2-5,8,15H2,1H3. The number of halogens is 2. The molecule has 1 aromatic carbocycles. The summed E-state index contributed by atoms with van der Waals surface area (Å²) in [4.78, 5) is 0. The van der Waals surface area contributed by atoms with Gasteiger partial charge in [-0.15, -0.1) is 0 Å². The lowest BCUT2D eigenvalue weighted by molar-refractivity contribution is 0.100. The molecule has 0 aliphatic carbocycles. The summed E-state index contributed by atoms with van der Waals surface area (Å²) in [7, 11) is 0. The normalized spacial score (nSPS) is 10.6. The van der Waals surface area contributed by atoms with Gasteiger partial charge in [0.2, 0.25) is 0 Å². The molecule has 17 heavy (non-hydrogen) atoms. The van der Waals surface area contributed by atoms with Crippen LogP contribution >= 0.6 is 23.2 Å². The summed E-state index contributed by atoms with van der Waals surface area (Å²) in [6.07, 6.45) is 0.996. The van der Waals surface area contributed by atoms with Crippen LogP contribution in [0.1, 0.15) is 18.9 Å². The maximum absolute atomic E-state index is 6.05. The van der Waals surface area contributed by atoms with E-state index in [2.05, 4.69) is 6.92 Å². The Bertz CT molecular complexity index is 359. The van der Waals surface area contributed by atoms with Gasteiger partial charge in [-0.05, 0) is 18.6 Å². The largest absolute Gasteiger partial charge is 0.489 e. The van der Waals surface area contributed by atoms with E-state index in [0.29, 0.717) is 35.6 Å². The van der Waals surface area contributed by atoms with Gasteiger partial charge in [-0.1, -0.05) is 30.1 Å². The van der Waals surface area contributed by atoms with Crippen molar-refractivity contribution < 1.29 is 9.47 Å². The lowest BCUT2D eigenvalue weighted by Crippen LogP contribution is -2.10. The van der Waals surface area contributed by atoms with Gasteiger partial charge in [-0.25, -0.2) is 0 Å². The minimum absolute atomic E-state index is 0.339. The Kier molecular flexibility index (Phi) is 6.66. The van der Waals surface area contributed by atoms with Crippen LogP contribution in [0, 0.1) is 0 Å². The molecule has 3 nitrogen and oxygen atoms in total. The Morgan fingerprint density at radius 3 is 2.59 bits per heavy atom. The summed E-state index contributed by atoms with van der Waals surface area (Å²) in [5.74, 6) is 0.596. The maximum atomic E-state index is 6.05. The minimum Gasteiger partial charge on any atom is -0.489 e. The predicted octanol–water partition coefficient (Wildman–Crippen LogP) is 3.26. The van der Waals surface area contributed by atoms with Gasteiger partial charge >= 0.3 is 0 Å². The van der Waals surface area contributed by atoms with E-state index in [4.69, 9.17) is 38.4 Å². The smallest absolute Gasteiger partial charge is 0.142 e. The highest BCUT2D eigenvalue weighted by Crippen LogP contribution is 2.32. The molecular formula is C12H17Cl2NO2. The number of hydrogen-bond donors (Lipinski definition) is 1. The average Bonchev–Trinajstić information content (AvgIpc) is 2.30. The SMILES string of the molecule is CCCOCCOc1c(Cl)cc(Cl)cc1CN. The number of nitrogens with two attached hydrogens (primary N) is 1. The van der Waals surface area contributed by atoms with Crippen LogP contribution in [0.15, 0.2) is 12.1 Å². The molecule has 2 N–H and O–H groups in total. The van der Waals surface area contributed by atoms with Crippen LogP contribution in [-0.2, 0) is 11.3 Å². The lowest BCUT2D eigenvalue weighted by Gasteiger charge is -2.12. The van der Waals surface area contributed by atoms with Gasteiger partial charge in [0.1, 0.15) is 12.4 Å². The molecule has 0 saturated heterocycles. The number of rotatable bonds is 7. The van der Waals surface area contributed by atoms with Crippen LogP contribution in [0.25, 0.3) is 0 Å². The summed E-state index contributed by atoms with van der Waals surface area (Å²) in [6.45, 7) is 4.13. The molecule has 0 radical (unpaired) electrons. The van der Waals surface area contributed by atoms with Crippen molar-refractivity contribution in [1.29, 1.82) is 0 Å². The van der Waals surface area contributed by atoms with E-state index >= 15 is 0 Å². The molecule has 1 aromatic rings. The van der Waals surface area contributed by atoms with Gasteiger partial charge in [0.25, 0.3) is 0 Å². The van der Waals surface area contributed by atoms with E-state index in [0.717, 1.165) is 18.6 Å². The third-order valence-corrected chi connectivity index (χ3v) is 2.63. The first kappa shape index (κ1) is 14.6. The van der Waals surface area contributed by atoms with E-state index in [-0.39, 0.29) is 0 Å². The molecule has 1 rings (SSSR count). The number of hydrogen-bond acceptors (Lipinski definition) is 3. The molecule has 0 unspecified atom stereocenters. The predicted molar refractivity (Wildman–Crippen MR) is 71.0 cm³/mol. The zero-order chi connectivity index (χ0) is 12.7. The molecule has 0 heterocycles. The van der Waals surface area contributed by atoms with Gasteiger partial charge in [0, 0.05) is 23.7 Å². The van der Waals surface area contributed by atoms with Crippen molar-refractivity contribution in [2.24, 2.45) is 5.73 Å². The second-order valence-corrected chi connectivity index (χ2v) is 4.38. The van der Waals surface area contributed by atoms with Crippen molar-refractivity contribution in [1.82, 2.24) is 0 Å².